The maximum atomic E-state index is 11.7. The molecule has 92 valence electrons. The van der Waals surface area contributed by atoms with Crippen LogP contribution in [0.5, 0.6) is 0 Å². The van der Waals surface area contributed by atoms with Crippen LogP contribution in [0.3, 0.4) is 0 Å². The molecule has 1 aromatic rings. The number of carbonyl (C=O) groups is 1. The Morgan fingerprint density at radius 3 is 2.65 bits per heavy atom. The van der Waals surface area contributed by atoms with Crippen molar-refractivity contribution < 1.29 is 4.79 Å². The van der Waals surface area contributed by atoms with Crippen LogP contribution >= 0.6 is 0 Å². The average molecular weight is 232 g/mol. The molecule has 1 saturated heterocycles. The average Bonchev–Trinajstić information content (AvgIpc) is 2.38. The standard InChI is InChI=1S/C14H20N2O/c1-2-3-4-11-5-7-12(8-6-11)13-14(17)16-10-9-15-13/h5-8,13,15H,2-4,9-10H2,1H3,(H,16,17). The molecule has 1 aromatic carbocycles. The Labute approximate surface area is 103 Å². The molecule has 1 heterocycles. The highest BCUT2D eigenvalue weighted by Gasteiger charge is 2.22. The Kier molecular flexibility index (Phi) is 4.15. The second kappa shape index (κ2) is 5.82. The SMILES string of the molecule is CCCCc1ccc(C2NCCNC2=O)cc1. The lowest BCUT2D eigenvalue weighted by molar-refractivity contribution is -0.124. The van der Waals surface area contributed by atoms with Crippen LogP contribution in [-0.4, -0.2) is 19.0 Å². The Morgan fingerprint density at radius 2 is 2.00 bits per heavy atom. The van der Waals surface area contributed by atoms with Gasteiger partial charge in [0.1, 0.15) is 6.04 Å². The molecule has 2 N–H and O–H groups in total. The number of amides is 1. The second-order valence-electron chi connectivity index (χ2n) is 4.52. The number of aryl methyl sites for hydroxylation is 1. The second-order valence-corrected chi connectivity index (χ2v) is 4.52. The largest absolute Gasteiger partial charge is 0.353 e. The first-order valence-corrected chi connectivity index (χ1v) is 6.41. The number of unbranched alkanes of at least 4 members (excludes halogenated alkanes) is 1. The molecular formula is C14H20N2O. The summed E-state index contributed by atoms with van der Waals surface area (Å²) in [4.78, 5) is 11.7. The van der Waals surface area contributed by atoms with E-state index >= 15 is 0 Å². The summed E-state index contributed by atoms with van der Waals surface area (Å²) in [7, 11) is 0. The van der Waals surface area contributed by atoms with Gasteiger partial charge in [-0.25, -0.2) is 0 Å². The van der Waals surface area contributed by atoms with Gasteiger partial charge in [-0.1, -0.05) is 37.6 Å². The van der Waals surface area contributed by atoms with Crippen LogP contribution in [-0.2, 0) is 11.2 Å². The van der Waals surface area contributed by atoms with Gasteiger partial charge in [0, 0.05) is 13.1 Å². The van der Waals surface area contributed by atoms with E-state index in [0.717, 1.165) is 25.1 Å². The molecule has 1 unspecified atom stereocenters. The van der Waals surface area contributed by atoms with Crippen LogP contribution in [0.25, 0.3) is 0 Å². The van der Waals surface area contributed by atoms with Crippen molar-refractivity contribution in [1.29, 1.82) is 0 Å². The normalized spacial score (nSPS) is 20.1. The fraction of sp³-hybridized carbons (Fsp3) is 0.500. The smallest absolute Gasteiger partial charge is 0.241 e. The van der Waals surface area contributed by atoms with Gasteiger partial charge in [-0.2, -0.15) is 0 Å². The van der Waals surface area contributed by atoms with Gasteiger partial charge in [-0.05, 0) is 24.0 Å². The highest BCUT2D eigenvalue weighted by atomic mass is 16.2. The first kappa shape index (κ1) is 12.1. The zero-order chi connectivity index (χ0) is 12.1. The molecular weight excluding hydrogens is 212 g/mol. The number of hydrogen-bond donors (Lipinski definition) is 2. The number of carbonyl (C=O) groups excluding carboxylic acids is 1. The van der Waals surface area contributed by atoms with Crippen molar-refractivity contribution in [3.63, 3.8) is 0 Å². The first-order chi connectivity index (χ1) is 8.31. The minimum absolute atomic E-state index is 0.0811. The molecule has 1 aliphatic heterocycles. The van der Waals surface area contributed by atoms with Crippen molar-refractivity contribution in [2.75, 3.05) is 13.1 Å². The molecule has 3 nitrogen and oxygen atoms in total. The summed E-state index contributed by atoms with van der Waals surface area (Å²) in [6.07, 6.45) is 3.57. The Morgan fingerprint density at radius 1 is 1.24 bits per heavy atom. The van der Waals surface area contributed by atoms with Gasteiger partial charge < -0.3 is 10.6 Å². The van der Waals surface area contributed by atoms with Crippen molar-refractivity contribution in [2.45, 2.75) is 32.2 Å². The van der Waals surface area contributed by atoms with E-state index in [4.69, 9.17) is 0 Å². The number of nitrogens with one attached hydrogen (secondary N) is 2. The zero-order valence-corrected chi connectivity index (χ0v) is 10.3. The predicted octanol–water partition coefficient (Wildman–Crippen LogP) is 1.79. The van der Waals surface area contributed by atoms with E-state index in [0.29, 0.717) is 0 Å². The van der Waals surface area contributed by atoms with Crippen LogP contribution in [0, 0.1) is 0 Å². The summed E-state index contributed by atoms with van der Waals surface area (Å²) >= 11 is 0. The summed E-state index contributed by atoms with van der Waals surface area (Å²) in [5, 5.41) is 6.11. The quantitative estimate of drug-likeness (QED) is 0.831. The van der Waals surface area contributed by atoms with Crippen LogP contribution in [0.4, 0.5) is 0 Å². The molecule has 1 aliphatic rings. The summed E-state index contributed by atoms with van der Waals surface area (Å²) in [5.41, 5.74) is 2.41. The van der Waals surface area contributed by atoms with Crippen molar-refractivity contribution >= 4 is 5.91 Å². The van der Waals surface area contributed by atoms with Crippen molar-refractivity contribution in [2.24, 2.45) is 0 Å². The molecule has 0 spiro atoms. The fourth-order valence-electron chi connectivity index (χ4n) is 2.12. The lowest BCUT2D eigenvalue weighted by Crippen LogP contribution is -2.47. The number of piperazine rings is 1. The molecule has 0 radical (unpaired) electrons. The molecule has 1 amide bonds. The van der Waals surface area contributed by atoms with Crippen molar-refractivity contribution in [3.8, 4) is 0 Å². The molecule has 17 heavy (non-hydrogen) atoms. The van der Waals surface area contributed by atoms with Crippen LogP contribution in [0.15, 0.2) is 24.3 Å². The summed E-state index contributed by atoms with van der Waals surface area (Å²) in [5.74, 6) is 0.0811. The Bertz CT molecular complexity index is 372. The molecule has 0 saturated carbocycles. The van der Waals surface area contributed by atoms with E-state index in [1.165, 1.54) is 18.4 Å². The summed E-state index contributed by atoms with van der Waals surface area (Å²) in [6.45, 7) is 3.77. The van der Waals surface area contributed by atoms with Crippen LogP contribution in [0.2, 0.25) is 0 Å². The molecule has 0 aliphatic carbocycles. The third kappa shape index (κ3) is 3.07. The molecule has 3 heteroatoms. The van der Waals surface area contributed by atoms with Crippen molar-refractivity contribution in [1.82, 2.24) is 10.6 Å². The molecule has 0 bridgehead atoms. The van der Waals surface area contributed by atoms with E-state index < -0.39 is 0 Å². The lowest BCUT2D eigenvalue weighted by Gasteiger charge is -2.23. The predicted molar refractivity (Wildman–Crippen MR) is 68.8 cm³/mol. The van der Waals surface area contributed by atoms with Crippen LogP contribution in [0.1, 0.15) is 36.9 Å². The van der Waals surface area contributed by atoms with Gasteiger partial charge in [-0.3, -0.25) is 4.79 Å². The van der Waals surface area contributed by atoms with E-state index in [1.807, 2.05) is 0 Å². The maximum Gasteiger partial charge on any atom is 0.241 e. The van der Waals surface area contributed by atoms with Crippen molar-refractivity contribution in [3.05, 3.63) is 35.4 Å². The first-order valence-electron chi connectivity index (χ1n) is 6.41. The number of benzene rings is 1. The molecule has 2 rings (SSSR count). The lowest BCUT2D eigenvalue weighted by atomic mass is 10.0. The van der Waals surface area contributed by atoms with Gasteiger partial charge in [-0.15, -0.1) is 0 Å². The number of hydrogen-bond acceptors (Lipinski definition) is 2. The minimum Gasteiger partial charge on any atom is -0.353 e. The van der Waals surface area contributed by atoms with Gasteiger partial charge in [0.15, 0.2) is 0 Å². The van der Waals surface area contributed by atoms with Gasteiger partial charge in [0.05, 0.1) is 0 Å². The number of rotatable bonds is 4. The third-order valence-corrected chi connectivity index (χ3v) is 3.17. The minimum atomic E-state index is -0.177. The fourth-order valence-corrected chi connectivity index (χ4v) is 2.12. The van der Waals surface area contributed by atoms with E-state index in [1.54, 1.807) is 0 Å². The Hall–Kier alpha value is -1.35. The van der Waals surface area contributed by atoms with E-state index in [2.05, 4.69) is 41.8 Å². The molecule has 1 atom stereocenters. The monoisotopic (exact) mass is 232 g/mol. The topological polar surface area (TPSA) is 41.1 Å². The van der Waals surface area contributed by atoms with E-state index in [-0.39, 0.29) is 11.9 Å². The molecule has 0 aromatic heterocycles. The van der Waals surface area contributed by atoms with Gasteiger partial charge in [0.25, 0.3) is 0 Å². The van der Waals surface area contributed by atoms with Gasteiger partial charge in [0.2, 0.25) is 5.91 Å². The maximum absolute atomic E-state index is 11.7. The summed E-state index contributed by atoms with van der Waals surface area (Å²) in [6, 6.07) is 8.22. The highest BCUT2D eigenvalue weighted by molar-refractivity contribution is 5.83. The highest BCUT2D eigenvalue weighted by Crippen LogP contribution is 2.16. The Balaban J connectivity index is 2.03. The van der Waals surface area contributed by atoms with Crippen LogP contribution < -0.4 is 10.6 Å². The zero-order valence-electron chi connectivity index (χ0n) is 10.3. The molecule has 1 fully saturated rings. The van der Waals surface area contributed by atoms with Gasteiger partial charge >= 0.3 is 0 Å². The summed E-state index contributed by atoms with van der Waals surface area (Å²) < 4.78 is 0. The van der Waals surface area contributed by atoms with E-state index in [9.17, 15) is 4.79 Å². The third-order valence-electron chi connectivity index (χ3n) is 3.17.